The molecule has 3 aromatic heterocycles. The summed E-state index contributed by atoms with van der Waals surface area (Å²) in [4.78, 5) is 0. The van der Waals surface area contributed by atoms with Gasteiger partial charge in [0.15, 0.2) is 0 Å². The molecule has 64 heavy (non-hydrogen) atoms. The molecule has 0 amide bonds. The Morgan fingerprint density at radius 2 is 0.484 bits per heavy atom. The van der Waals surface area contributed by atoms with Gasteiger partial charge in [0.05, 0.1) is 33.1 Å². The van der Waals surface area contributed by atoms with Crippen molar-refractivity contribution in [3.8, 4) is 17.1 Å². The first-order valence-electron chi connectivity index (χ1n) is 22.1. The van der Waals surface area contributed by atoms with Crippen molar-refractivity contribution >= 4 is 94.2 Å². The van der Waals surface area contributed by atoms with E-state index in [0.29, 0.717) is 0 Å². The molecule has 301 valence electrons. The van der Waals surface area contributed by atoms with Crippen LogP contribution < -0.4 is 20.7 Å². The lowest BCUT2D eigenvalue weighted by Gasteiger charge is -2.47. The Labute approximate surface area is 372 Å². The largest absolute Gasteiger partial charge is 0.309 e. The fourth-order valence-corrected chi connectivity index (χ4v) is 15.6. The predicted molar refractivity (Wildman–Crippen MR) is 273 cm³/mol. The molecule has 0 fully saturated rings. The number of benzene rings is 10. The molecule has 0 unspecified atom stereocenters. The lowest BCUT2D eigenvalue weighted by molar-refractivity contribution is 1.15. The minimum atomic E-state index is -2.87. The van der Waals surface area contributed by atoms with Crippen molar-refractivity contribution in [2.75, 3.05) is 0 Å². The summed E-state index contributed by atoms with van der Waals surface area (Å²) in [7, 11) is -2.87. The maximum absolute atomic E-state index is 2.87. The predicted octanol–water partition coefficient (Wildman–Crippen LogP) is 12.4. The van der Waals surface area contributed by atoms with E-state index in [1.165, 1.54) is 86.2 Å². The third-order valence-electron chi connectivity index (χ3n) is 13.6. The van der Waals surface area contributed by atoms with E-state index in [2.05, 4.69) is 262 Å². The minimum Gasteiger partial charge on any atom is -0.309 e. The van der Waals surface area contributed by atoms with E-state index in [1.54, 1.807) is 0 Å². The van der Waals surface area contributed by atoms with Gasteiger partial charge in [-0.15, -0.1) is 0 Å². The van der Waals surface area contributed by atoms with Crippen molar-refractivity contribution < 1.29 is 0 Å². The molecule has 0 N–H and O–H groups in total. The molecule has 0 bridgehead atoms. The summed E-state index contributed by atoms with van der Waals surface area (Å²) in [6, 6.07) is 92.3. The highest BCUT2D eigenvalue weighted by molar-refractivity contribution is 7.19. The quantitative estimate of drug-likeness (QED) is 0.112. The summed E-state index contributed by atoms with van der Waals surface area (Å²) in [5.74, 6) is 0. The average Bonchev–Trinajstić information content (AvgIpc) is 4.02. The Bertz CT molecular complexity index is 3770. The van der Waals surface area contributed by atoms with Gasteiger partial charge in [0, 0.05) is 49.4 Å². The van der Waals surface area contributed by atoms with E-state index in [0.717, 1.165) is 17.1 Å². The first kappa shape index (κ1) is 36.5. The van der Waals surface area contributed by atoms with E-state index in [1.807, 2.05) is 0 Å². The minimum absolute atomic E-state index is 1.14. The highest BCUT2D eigenvalue weighted by Crippen LogP contribution is 2.41. The van der Waals surface area contributed by atoms with Gasteiger partial charge in [0.1, 0.15) is 0 Å². The summed E-state index contributed by atoms with van der Waals surface area (Å²) in [5, 5.41) is 12.9. The number of hydrogen-bond acceptors (Lipinski definition) is 0. The Morgan fingerprint density at radius 1 is 0.203 bits per heavy atom. The molecule has 3 nitrogen and oxygen atoms in total. The van der Waals surface area contributed by atoms with Crippen LogP contribution in [0.3, 0.4) is 0 Å². The Balaban J connectivity index is 1.05. The monoisotopic (exact) mass is 831 g/mol. The van der Waals surface area contributed by atoms with Crippen molar-refractivity contribution in [1.29, 1.82) is 0 Å². The molecule has 13 aromatic rings. The summed E-state index contributed by atoms with van der Waals surface area (Å²) >= 11 is 0. The normalized spacial score (nSPS) is 12.1. The van der Waals surface area contributed by atoms with Crippen molar-refractivity contribution in [3.05, 3.63) is 249 Å². The van der Waals surface area contributed by atoms with Gasteiger partial charge >= 0.3 is 0 Å². The topological polar surface area (TPSA) is 14.8 Å². The van der Waals surface area contributed by atoms with Gasteiger partial charge in [0.25, 0.3) is 0 Å². The smallest absolute Gasteiger partial charge is 0.0788 e. The summed E-state index contributed by atoms with van der Waals surface area (Å²) < 4.78 is 7.38. The standard InChI is InChI=1S/C60H41N3Si/c1-4-18-42(19-5-1)62-57-30-16-12-26-51(57)53-40-41-54-52-27-13-17-31-58(52)63(60(54)59(53)62)44-34-38-48(39-35-44)64(45-20-6-2-7-21-45,46-22-8-3-9-23-46)47-36-32-43(33-37-47)61-55-28-14-10-24-49(55)50-25-11-15-29-56(50)61/h1-41H/q-1. The lowest BCUT2D eigenvalue weighted by Crippen LogP contribution is -2.74. The van der Waals surface area contributed by atoms with Gasteiger partial charge in [-0.05, 0) is 68.7 Å². The van der Waals surface area contributed by atoms with Gasteiger partial charge in [-0.2, -0.15) is 20.7 Å². The third-order valence-corrected chi connectivity index (χ3v) is 18.4. The summed E-state index contributed by atoms with van der Waals surface area (Å²) in [5.41, 5.74) is 10.7. The molecule has 0 aliphatic carbocycles. The van der Waals surface area contributed by atoms with E-state index >= 15 is 0 Å². The van der Waals surface area contributed by atoms with Crippen LogP contribution in [-0.4, -0.2) is 21.8 Å². The van der Waals surface area contributed by atoms with Crippen LogP contribution in [0.2, 0.25) is 0 Å². The molecular weight excluding hydrogens is 791 g/mol. The molecule has 3 heterocycles. The van der Waals surface area contributed by atoms with Gasteiger partial charge < -0.3 is 13.7 Å². The van der Waals surface area contributed by atoms with Gasteiger partial charge in [0.2, 0.25) is 0 Å². The van der Waals surface area contributed by atoms with E-state index in [9.17, 15) is 0 Å². The first-order valence-corrected chi connectivity index (χ1v) is 24.1. The SMILES string of the molecule is c1ccc(-n2c3ccccc3c3ccc4c5ccccc5n(-c5ccc([Si-](c6ccccc6)(c6ccccc6)c6ccc(-n7c8ccccc8c8ccccc87)cc6)cc5)c4c32)cc1. The van der Waals surface area contributed by atoms with Crippen LogP contribution >= 0.6 is 0 Å². The van der Waals surface area contributed by atoms with Crippen LogP contribution in [0, 0.1) is 0 Å². The molecule has 0 saturated carbocycles. The molecular formula is C60H41N3Si-. The van der Waals surface area contributed by atoms with Crippen molar-refractivity contribution in [2.24, 2.45) is 0 Å². The number of hydrogen-bond donors (Lipinski definition) is 0. The zero-order valence-corrected chi connectivity index (χ0v) is 36.0. The number of rotatable bonds is 7. The number of aromatic nitrogens is 3. The second-order valence-electron chi connectivity index (χ2n) is 16.8. The van der Waals surface area contributed by atoms with Gasteiger partial charge in [-0.25, -0.2) is 0 Å². The first-order chi connectivity index (χ1) is 31.8. The van der Waals surface area contributed by atoms with Crippen LogP contribution in [0.4, 0.5) is 0 Å². The van der Waals surface area contributed by atoms with Crippen molar-refractivity contribution in [2.45, 2.75) is 0 Å². The fourth-order valence-electron chi connectivity index (χ4n) is 10.9. The van der Waals surface area contributed by atoms with Crippen molar-refractivity contribution in [3.63, 3.8) is 0 Å². The number of para-hydroxylation sites is 5. The fraction of sp³-hybridized carbons (Fsp3) is 0. The molecule has 4 heteroatoms. The molecule has 0 aliphatic heterocycles. The van der Waals surface area contributed by atoms with E-state index in [-0.39, 0.29) is 0 Å². The number of fused-ring (bicyclic) bond motifs is 10. The Morgan fingerprint density at radius 3 is 0.891 bits per heavy atom. The van der Waals surface area contributed by atoms with E-state index in [4.69, 9.17) is 0 Å². The zero-order chi connectivity index (χ0) is 42.2. The number of nitrogens with zero attached hydrogens (tertiary/aromatic N) is 3. The molecule has 0 saturated heterocycles. The highest BCUT2D eigenvalue weighted by atomic mass is 28.3. The second-order valence-corrected chi connectivity index (χ2v) is 20.7. The Hall–Kier alpha value is -8.18. The van der Waals surface area contributed by atoms with Gasteiger partial charge in [-0.3, -0.25) is 0 Å². The van der Waals surface area contributed by atoms with Crippen LogP contribution in [-0.2, 0) is 0 Å². The van der Waals surface area contributed by atoms with Crippen LogP contribution in [0.15, 0.2) is 249 Å². The summed E-state index contributed by atoms with van der Waals surface area (Å²) in [6.07, 6.45) is 0. The Kier molecular flexibility index (Phi) is 8.23. The maximum Gasteiger partial charge on any atom is 0.0788 e. The van der Waals surface area contributed by atoms with Crippen LogP contribution in [0.25, 0.3) is 82.5 Å². The van der Waals surface area contributed by atoms with Crippen LogP contribution in [0.5, 0.6) is 0 Å². The maximum atomic E-state index is 2.50. The van der Waals surface area contributed by atoms with Crippen molar-refractivity contribution in [1.82, 2.24) is 13.7 Å². The highest BCUT2D eigenvalue weighted by Gasteiger charge is 2.29. The average molecular weight is 832 g/mol. The molecule has 0 spiro atoms. The molecule has 0 aliphatic rings. The zero-order valence-electron chi connectivity index (χ0n) is 35.0. The third kappa shape index (κ3) is 5.27. The lowest BCUT2D eigenvalue weighted by atomic mass is 10.1. The molecule has 13 rings (SSSR count). The molecule has 0 atom stereocenters. The molecule has 10 aromatic carbocycles. The van der Waals surface area contributed by atoms with Crippen LogP contribution in [0.1, 0.15) is 0 Å². The summed E-state index contributed by atoms with van der Waals surface area (Å²) in [6.45, 7) is 0. The second kappa shape index (κ2) is 14.5. The van der Waals surface area contributed by atoms with Gasteiger partial charge in [-0.1, -0.05) is 188 Å². The molecule has 0 radical (unpaired) electrons. The van der Waals surface area contributed by atoms with E-state index < -0.39 is 8.07 Å².